The topological polar surface area (TPSA) is 26.3 Å². The van der Waals surface area contributed by atoms with Gasteiger partial charge < -0.3 is 4.74 Å². The van der Waals surface area contributed by atoms with Gasteiger partial charge in [-0.1, -0.05) is 92.2 Å². The summed E-state index contributed by atoms with van der Waals surface area (Å²) in [4.78, 5) is 12.9. The average Bonchev–Trinajstić information content (AvgIpc) is 2.73. The number of carbonyl (C=O) groups excluding carboxylic acids is 1. The number of hydrogen-bond donors (Lipinski definition) is 0. The fraction of sp³-hybridized carbons (Fsp3) is 0.208. The van der Waals surface area contributed by atoms with Crippen molar-refractivity contribution < 1.29 is 9.53 Å². The highest BCUT2D eigenvalue weighted by Gasteiger charge is 2.38. The van der Waals surface area contributed by atoms with Gasteiger partial charge in [-0.25, -0.2) is 4.79 Å². The third kappa shape index (κ3) is 3.85. The molecule has 26 heavy (non-hydrogen) atoms. The van der Waals surface area contributed by atoms with Crippen molar-refractivity contribution in [3.8, 4) is 0 Å². The van der Waals surface area contributed by atoms with Crippen LogP contribution in [0.4, 0.5) is 0 Å². The van der Waals surface area contributed by atoms with Crippen molar-refractivity contribution >= 4 is 5.97 Å². The number of benzene rings is 3. The lowest BCUT2D eigenvalue weighted by Crippen LogP contribution is -2.34. The summed E-state index contributed by atoms with van der Waals surface area (Å²) < 4.78 is 6.26. The highest BCUT2D eigenvalue weighted by Crippen LogP contribution is 2.39. The van der Waals surface area contributed by atoms with E-state index >= 15 is 0 Å². The van der Waals surface area contributed by atoms with E-state index in [1.54, 1.807) is 12.1 Å². The molecule has 0 N–H and O–H groups in total. The van der Waals surface area contributed by atoms with Crippen LogP contribution in [0.2, 0.25) is 0 Å². The molecule has 0 spiro atoms. The minimum absolute atomic E-state index is 0.297. The molecule has 2 nitrogen and oxygen atoms in total. The molecule has 3 aromatic rings. The van der Waals surface area contributed by atoms with Crippen molar-refractivity contribution in [3.63, 3.8) is 0 Å². The number of esters is 1. The fourth-order valence-corrected chi connectivity index (χ4v) is 3.26. The van der Waals surface area contributed by atoms with Crippen LogP contribution in [-0.4, -0.2) is 5.97 Å². The zero-order valence-electron chi connectivity index (χ0n) is 15.1. The minimum Gasteiger partial charge on any atom is -0.446 e. The van der Waals surface area contributed by atoms with Crippen molar-refractivity contribution in [2.24, 2.45) is 0 Å². The molecule has 0 saturated heterocycles. The number of ether oxygens (including phenoxy) is 1. The predicted molar refractivity (Wildman–Crippen MR) is 105 cm³/mol. The normalized spacial score (nSPS) is 11.1. The molecular weight excluding hydrogens is 320 g/mol. The van der Waals surface area contributed by atoms with Gasteiger partial charge in [-0.3, -0.25) is 0 Å². The van der Waals surface area contributed by atoms with E-state index in [1.807, 2.05) is 78.9 Å². The van der Waals surface area contributed by atoms with Crippen molar-refractivity contribution in [3.05, 3.63) is 108 Å². The lowest BCUT2D eigenvalue weighted by Gasteiger charge is -2.35. The van der Waals surface area contributed by atoms with Crippen LogP contribution in [0.5, 0.6) is 0 Å². The standard InChI is InChI=1S/C24H24O2/c1-2-3-19-24(21-15-9-5-10-16-21,22-17-11-6-12-18-22)26-23(25)20-13-7-4-8-14-20/h4-18H,2-3,19H2,1H3. The van der Waals surface area contributed by atoms with E-state index < -0.39 is 5.60 Å². The van der Waals surface area contributed by atoms with E-state index in [-0.39, 0.29) is 5.97 Å². The molecule has 0 amide bonds. The second-order valence-electron chi connectivity index (χ2n) is 6.42. The van der Waals surface area contributed by atoms with Gasteiger partial charge in [-0.05, 0) is 25.0 Å². The van der Waals surface area contributed by atoms with E-state index in [0.29, 0.717) is 5.56 Å². The van der Waals surface area contributed by atoms with E-state index in [1.165, 1.54) is 0 Å². The Hall–Kier alpha value is -2.87. The zero-order valence-corrected chi connectivity index (χ0v) is 15.1. The van der Waals surface area contributed by atoms with Gasteiger partial charge in [-0.2, -0.15) is 0 Å². The van der Waals surface area contributed by atoms with Gasteiger partial charge in [0.25, 0.3) is 0 Å². The highest BCUT2D eigenvalue weighted by atomic mass is 16.6. The third-order valence-corrected chi connectivity index (χ3v) is 4.64. The monoisotopic (exact) mass is 344 g/mol. The number of rotatable bonds is 7. The van der Waals surface area contributed by atoms with Gasteiger partial charge in [0, 0.05) is 11.1 Å². The smallest absolute Gasteiger partial charge is 0.339 e. The Kier molecular flexibility index (Phi) is 5.85. The molecule has 0 unspecified atom stereocenters. The first-order valence-corrected chi connectivity index (χ1v) is 9.16. The van der Waals surface area contributed by atoms with Crippen molar-refractivity contribution in [1.29, 1.82) is 0 Å². The first-order valence-electron chi connectivity index (χ1n) is 9.16. The lowest BCUT2D eigenvalue weighted by atomic mass is 9.82. The number of unbranched alkanes of at least 4 members (excludes halogenated alkanes) is 1. The SMILES string of the molecule is CCCCC(OC(=O)c1ccccc1)(c1ccccc1)c1ccccc1. The summed E-state index contributed by atoms with van der Waals surface area (Å²) in [6.45, 7) is 2.15. The zero-order chi connectivity index (χ0) is 18.2. The third-order valence-electron chi connectivity index (χ3n) is 4.64. The molecule has 0 fully saturated rings. The Morgan fingerprint density at radius 3 is 1.69 bits per heavy atom. The molecule has 0 aromatic heterocycles. The maximum absolute atomic E-state index is 12.9. The average molecular weight is 344 g/mol. The summed E-state index contributed by atoms with van der Waals surface area (Å²) in [6, 6.07) is 29.3. The molecule has 0 aliphatic rings. The maximum atomic E-state index is 12.9. The van der Waals surface area contributed by atoms with Crippen molar-refractivity contribution in [2.75, 3.05) is 0 Å². The molecule has 3 aromatic carbocycles. The van der Waals surface area contributed by atoms with Crippen LogP contribution in [-0.2, 0) is 10.3 Å². The van der Waals surface area contributed by atoms with E-state index in [9.17, 15) is 4.79 Å². The molecule has 2 heteroatoms. The van der Waals surface area contributed by atoms with Gasteiger partial charge in [0.05, 0.1) is 5.56 Å². The number of carbonyl (C=O) groups is 1. The molecule has 0 bridgehead atoms. The Balaban J connectivity index is 2.09. The van der Waals surface area contributed by atoms with Crippen LogP contribution >= 0.6 is 0 Å². The molecule has 0 atom stereocenters. The number of hydrogen-bond acceptors (Lipinski definition) is 2. The highest BCUT2D eigenvalue weighted by molar-refractivity contribution is 5.89. The summed E-state index contributed by atoms with van der Waals surface area (Å²) in [7, 11) is 0. The van der Waals surface area contributed by atoms with E-state index in [0.717, 1.165) is 30.4 Å². The quantitative estimate of drug-likeness (QED) is 0.493. The van der Waals surface area contributed by atoms with Gasteiger partial charge in [-0.15, -0.1) is 0 Å². The minimum atomic E-state index is -0.786. The first-order chi connectivity index (χ1) is 12.8. The molecule has 3 rings (SSSR count). The summed E-state index contributed by atoms with van der Waals surface area (Å²) in [6.07, 6.45) is 2.74. The molecule has 0 aliphatic heterocycles. The summed E-state index contributed by atoms with van der Waals surface area (Å²) in [5.41, 5.74) is 1.79. The predicted octanol–water partition coefficient (Wildman–Crippen LogP) is 5.98. The van der Waals surface area contributed by atoms with Crippen LogP contribution in [0.3, 0.4) is 0 Å². The summed E-state index contributed by atoms with van der Waals surface area (Å²) >= 11 is 0. The maximum Gasteiger partial charge on any atom is 0.339 e. The van der Waals surface area contributed by atoms with Crippen LogP contribution in [0.1, 0.15) is 47.7 Å². The van der Waals surface area contributed by atoms with Crippen molar-refractivity contribution in [1.82, 2.24) is 0 Å². The Morgan fingerprint density at radius 1 is 0.769 bits per heavy atom. The summed E-state index contributed by atoms with van der Waals surface area (Å²) in [5.74, 6) is -0.297. The molecule has 132 valence electrons. The van der Waals surface area contributed by atoms with Gasteiger partial charge in [0.15, 0.2) is 5.60 Å². The molecule has 0 heterocycles. The van der Waals surface area contributed by atoms with Crippen LogP contribution in [0.25, 0.3) is 0 Å². The second kappa shape index (κ2) is 8.48. The van der Waals surface area contributed by atoms with E-state index in [4.69, 9.17) is 4.74 Å². The largest absolute Gasteiger partial charge is 0.446 e. The van der Waals surface area contributed by atoms with Crippen LogP contribution in [0.15, 0.2) is 91.0 Å². The Labute approximate surface area is 155 Å². The van der Waals surface area contributed by atoms with Crippen LogP contribution < -0.4 is 0 Å². The summed E-state index contributed by atoms with van der Waals surface area (Å²) in [5, 5.41) is 0. The van der Waals surface area contributed by atoms with Gasteiger partial charge >= 0.3 is 5.97 Å². The van der Waals surface area contributed by atoms with Crippen molar-refractivity contribution in [2.45, 2.75) is 31.8 Å². The molecule has 0 radical (unpaired) electrons. The molecule has 0 aliphatic carbocycles. The fourth-order valence-electron chi connectivity index (χ4n) is 3.26. The van der Waals surface area contributed by atoms with Gasteiger partial charge in [0.2, 0.25) is 0 Å². The molecule has 0 saturated carbocycles. The molecular formula is C24H24O2. The van der Waals surface area contributed by atoms with Gasteiger partial charge in [0.1, 0.15) is 0 Å². The first kappa shape index (κ1) is 17.9. The second-order valence-corrected chi connectivity index (χ2v) is 6.42. The van der Waals surface area contributed by atoms with Crippen LogP contribution in [0, 0.1) is 0 Å². The lowest BCUT2D eigenvalue weighted by molar-refractivity contribution is -0.00635. The Bertz CT molecular complexity index is 771. The van der Waals surface area contributed by atoms with E-state index in [2.05, 4.69) is 6.92 Å². The Morgan fingerprint density at radius 2 is 1.23 bits per heavy atom.